The Labute approximate surface area is 153 Å². The first-order chi connectivity index (χ1) is 12.1. The average Bonchev–Trinajstić information content (AvgIpc) is 2.91. The number of benzene rings is 1. The van der Waals surface area contributed by atoms with Gasteiger partial charge in [-0.05, 0) is 34.8 Å². The molecule has 0 radical (unpaired) electrons. The van der Waals surface area contributed by atoms with Crippen molar-refractivity contribution in [3.63, 3.8) is 0 Å². The van der Waals surface area contributed by atoms with Crippen LogP contribution in [0.15, 0.2) is 45.9 Å². The molecule has 2 aliphatic heterocycles. The van der Waals surface area contributed by atoms with Crippen LogP contribution in [-0.2, 0) is 4.74 Å². The maximum absolute atomic E-state index is 11.1. The Morgan fingerprint density at radius 2 is 2.16 bits per heavy atom. The van der Waals surface area contributed by atoms with Gasteiger partial charge in [0.05, 0.1) is 30.2 Å². The van der Waals surface area contributed by atoms with Gasteiger partial charge in [-0.15, -0.1) is 0 Å². The number of nitrogens with zero attached hydrogens (tertiary/aromatic N) is 3. The zero-order chi connectivity index (χ0) is 17.8. The smallest absolute Gasteiger partial charge is 0.312 e. The minimum atomic E-state index is -0.441. The van der Waals surface area contributed by atoms with E-state index in [0.717, 1.165) is 37.4 Å². The van der Waals surface area contributed by atoms with Crippen molar-refractivity contribution >= 4 is 33.5 Å². The van der Waals surface area contributed by atoms with Gasteiger partial charge in [0, 0.05) is 41.8 Å². The van der Waals surface area contributed by atoms with Crippen molar-refractivity contribution in [1.29, 1.82) is 0 Å². The molecule has 25 heavy (non-hydrogen) atoms. The Kier molecular flexibility index (Phi) is 5.37. The molecule has 1 saturated heterocycles. The second-order valence-electron chi connectivity index (χ2n) is 5.77. The van der Waals surface area contributed by atoms with Crippen LogP contribution >= 0.6 is 15.9 Å². The third-order valence-electron chi connectivity index (χ3n) is 4.34. The largest absolute Gasteiger partial charge is 0.490 e. The summed E-state index contributed by atoms with van der Waals surface area (Å²) in [6.07, 6.45) is 8.71. The minimum absolute atomic E-state index is 0.0466. The van der Waals surface area contributed by atoms with Gasteiger partial charge in [0.1, 0.15) is 5.76 Å². The predicted octanol–water partition coefficient (Wildman–Crippen LogP) is 4.04. The molecule has 0 unspecified atom stereocenters. The first kappa shape index (κ1) is 17.5. The molecule has 0 bridgehead atoms. The Bertz CT molecular complexity index is 753. The number of nitro benzene ring substituents is 1. The Morgan fingerprint density at radius 1 is 1.40 bits per heavy atom. The van der Waals surface area contributed by atoms with E-state index in [0.29, 0.717) is 10.4 Å². The zero-order valence-corrected chi connectivity index (χ0v) is 15.3. The number of halogens is 1. The number of methoxy groups -OCH3 is 1. The lowest BCUT2D eigenvalue weighted by Crippen LogP contribution is -2.34. The van der Waals surface area contributed by atoms with E-state index < -0.39 is 4.92 Å². The number of aliphatic imine (C=N–C) groups is 1. The second kappa shape index (κ2) is 7.69. The van der Waals surface area contributed by atoms with Gasteiger partial charge in [-0.3, -0.25) is 15.1 Å². The molecule has 0 aliphatic carbocycles. The van der Waals surface area contributed by atoms with Crippen LogP contribution in [0.4, 0.5) is 11.4 Å². The van der Waals surface area contributed by atoms with Gasteiger partial charge in [0.25, 0.3) is 0 Å². The standard InChI is InChI=1S/C17H18BrN3O4/c1-24-16-10-14(13(18)9-15(16)21(22)23)20-6-3-12(4-7-20)17-11-19-5-2-8-25-17/h2,5,8-12H,3-4,6-7H2,1H3. The van der Waals surface area contributed by atoms with E-state index >= 15 is 0 Å². The summed E-state index contributed by atoms with van der Waals surface area (Å²) < 4.78 is 11.5. The fraction of sp³-hybridized carbons (Fsp3) is 0.353. The van der Waals surface area contributed by atoms with Crippen molar-refractivity contribution < 1.29 is 14.4 Å². The lowest BCUT2D eigenvalue weighted by Gasteiger charge is -2.34. The van der Waals surface area contributed by atoms with Crippen LogP contribution in [-0.4, -0.2) is 31.3 Å². The molecule has 0 N–H and O–H groups in total. The summed E-state index contributed by atoms with van der Waals surface area (Å²) in [6, 6.07) is 3.22. The van der Waals surface area contributed by atoms with E-state index in [-0.39, 0.29) is 11.4 Å². The number of hydrogen-bond donors (Lipinski definition) is 0. The number of ether oxygens (including phenoxy) is 2. The highest BCUT2D eigenvalue weighted by Crippen LogP contribution is 2.39. The lowest BCUT2D eigenvalue weighted by atomic mass is 9.94. The molecule has 0 aromatic heterocycles. The number of nitro groups is 1. The number of piperidine rings is 1. The first-order valence-corrected chi connectivity index (χ1v) is 8.71. The molecule has 8 heteroatoms. The summed E-state index contributed by atoms with van der Waals surface area (Å²) >= 11 is 3.45. The van der Waals surface area contributed by atoms with Crippen LogP contribution in [0, 0.1) is 16.0 Å². The molecule has 1 aromatic rings. The third kappa shape index (κ3) is 3.84. The molecule has 3 rings (SSSR count). The molecule has 2 heterocycles. The van der Waals surface area contributed by atoms with Gasteiger partial charge in [0.2, 0.25) is 0 Å². The predicted molar refractivity (Wildman–Crippen MR) is 99.1 cm³/mol. The van der Waals surface area contributed by atoms with Crippen LogP contribution in [0.2, 0.25) is 0 Å². The molecular formula is C17H18BrN3O4. The van der Waals surface area contributed by atoms with E-state index in [4.69, 9.17) is 9.47 Å². The van der Waals surface area contributed by atoms with Crippen LogP contribution in [0.5, 0.6) is 5.75 Å². The van der Waals surface area contributed by atoms with E-state index in [9.17, 15) is 10.1 Å². The van der Waals surface area contributed by atoms with Gasteiger partial charge in [-0.25, -0.2) is 0 Å². The first-order valence-electron chi connectivity index (χ1n) is 7.92. The van der Waals surface area contributed by atoms with Crippen molar-refractivity contribution in [2.75, 3.05) is 25.1 Å². The topological polar surface area (TPSA) is 77.2 Å². The highest BCUT2D eigenvalue weighted by molar-refractivity contribution is 9.10. The molecule has 1 fully saturated rings. The normalized spacial score (nSPS) is 17.7. The quantitative estimate of drug-likeness (QED) is 0.555. The van der Waals surface area contributed by atoms with Crippen molar-refractivity contribution in [3.05, 3.63) is 51.0 Å². The molecule has 2 aliphatic rings. The Hall–Kier alpha value is -2.35. The Balaban J connectivity index is 1.74. The minimum Gasteiger partial charge on any atom is -0.490 e. The average molecular weight is 408 g/mol. The second-order valence-corrected chi connectivity index (χ2v) is 6.62. The lowest BCUT2D eigenvalue weighted by molar-refractivity contribution is -0.385. The SMILES string of the molecule is COc1cc(N2CCC(C3=CN=CC=CO3)CC2)c(Br)cc1[N+](=O)[O-]. The van der Waals surface area contributed by atoms with E-state index in [2.05, 4.69) is 25.8 Å². The summed E-state index contributed by atoms with van der Waals surface area (Å²) in [7, 11) is 1.44. The highest BCUT2D eigenvalue weighted by Gasteiger charge is 2.27. The van der Waals surface area contributed by atoms with Gasteiger partial charge < -0.3 is 14.4 Å². The number of anilines is 1. The summed E-state index contributed by atoms with van der Waals surface area (Å²) in [6.45, 7) is 1.64. The third-order valence-corrected chi connectivity index (χ3v) is 4.97. The monoisotopic (exact) mass is 407 g/mol. The van der Waals surface area contributed by atoms with Gasteiger partial charge >= 0.3 is 5.69 Å². The fourth-order valence-electron chi connectivity index (χ4n) is 3.04. The maximum Gasteiger partial charge on any atom is 0.312 e. The summed E-state index contributed by atoms with van der Waals surface area (Å²) in [4.78, 5) is 17.0. The van der Waals surface area contributed by atoms with E-state index in [1.54, 1.807) is 30.8 Å². The van der Waals surface area contributed by atoms with Gasteiger partial charge in [0.15, 0.2) is 5.75 Å². The van der Waals surface area contributed by atoms with Gasteiger partial charge in [-0.2, -0.15) is 0 Å². The van der Waals surface area contributed by atoms with Crippen molar-refractivity contribution in [3.8, 4) is 5.75 Å². The maximum atomic E-state index is 11.1. The molecular weight excluding hydrogens is 390 g/mol. The van der Waals surface area contributed by atoms with Crippen molar-refractivity contribution in [2.24, 2.45) is 10.9 Å². The van der Waals surface area contributed by atoms with Crippen molar-refractivity contribution in [1.82, 2.24) is 0 Å². The van der Waals surface area contributed by atoms with Crippen molar-refractivity contribution in [2.45, 2.75) is 12.8 Å². The van der Waals surface area contributed by atoms with Crippen LogP contribution in [0.1, 0.15) is 12.8 Å². The van der Waals surface area contributed by atoms with Gasteiger partial charge in [-0.1, -0.05) is 0 Å². The fourth-order valence-corrected chi connectivity index (χ4v) is 3.62. The Morgan fingerprint density at radius 3 is 2.84 bits per heavy atom. The molecule has 0 amide bonds. The van der Waals surface area contributed by atoms with E-state index in [1.165, 1.54) is 13.2 Å². The highest BCUT2D eigenvalue weighted by atomic mass is 79.9. The molecule has 132 valence electrons. The number of rotatable bonds is 4. The van der Waals surface area contributed by atoms with Crippen LogP contribution in [0.3, 0.4) is 0 Å². The molecule has 7 nitrogen and oxygen atoms in total. The number of hydrogen-bond acceptors (Lipinski definition) is 6. The van der Waals surface area contributed by atoms with E-state index in [1.807, 2.05) is 0 Å². The summed E-state index contributed by atoms with van der Waals surface area (Å²) in [5, 5.41) is 11.1. The molecule has 1 aromatic carbocycles. The zero-order valence-electron chi connectivity index (χ0n) is 13.7. The molecule has 0 spiro atoms. The summed E-state index contributed by atoms with van der Waals surface area (Å²) in [5.74, 6) is 1.46. The summed E-state index contributed by atoms with van der Waals surface area (Å²) in [5.41, 5.74) is 0.851. The molecule has 0 saturated carbocycles. The van der Waals surface area contributed by atoms with Crippen LogP contribution in [0.25, 0.3) is 0 Å². The van der Waals surface area contributed by atoms with Crippen LogP contribution < -0.4 is 9.64 Å². The molecule has 0 atom stereocenters. The number of allylic oxidation sites excluding steroid dienone is 2.